The van der Waals surface area contributed by atoms with E-state index in [1.165, 1.54) is 14.0 Å². The number of hydrogen-bond acceptors (Lipinski definition) is 5. The van der Waals surface area contributed by atoms with E-state index >= 15 is 0 Å². The minimum Gasteiger partial charge on any atom is -0.467 e. The van der Waals surface area contributed by atoms with Crippen LogP contribution in [0, 0.1) is 13.8 Å². The first kappa shape index (κ1) is 17.7. The summed E-state index contributed by atoms with van der Waals surface area (Å²) >= 11 is 0. The van der Waals surface area contributed by atoms with Crippen molar-refractivity contribution in [2.24, 2.45) is 0 Å². The molecule has 0 spiro atoms. The van der Waals surface area contributed by atoms with Crippen molar-refractivity contribution in [3.8, 4) is 0 Å². The number of esters is 2. The fourth-order valence-electron chi connectivity index (χ4n) is 2.22. The summed E-state index contributed by atoms with van der Waals surface area (Å²) in [6.07, 6.45) is 0. The number of ether oxygens (including phenoxy) is 2. The second kappa shape index (κ2) is 7.59. The zero-order chi connectivity index (χ0) is 16.9. The van der Waals surface area contributed by atoms with Crippen LogP contribution < -0.4 is 4.90 Å². The van der Waals surface area contributed by atoms with Crippen molar-refractivity contribution < 1.29 is 23.9 Å². The van der Waals surface area contributed by atoms with Gasteiger partial charge in [-0.2, -0.15) is 0 Å². The van der Waals surface area contributed by atoms with Crippen molar-refractivity contribution in [3.63, 3.8) is 0 Å². The lowest BCUT2D eigenvalue weighted by Gasteiger charge is -2.29. The smallest absolute Gasteiger partial charge is 0.397 e. The molecule has 0 bridgehead atoms. The summed E-state index contributed by atoms with van der Waals surface area (Å²) < 4.78 is 9.47. The van der Waals surface area contributed by atoms with Gasteiger partial charge in [0, 0.05) is 0 Å². The summed E-state index contributed by atoms with van der Waals surface area (Å²) in [4.78, 5) is 37.3. The topological polar surface area (TPSA) is 72.9 Å². The van der Waals surface area contributed by atoms with Gasteiger partial charge in [-0.15, -0.1) is 0 Å². The Labute approximate surface area is 130 Å². The number of hydrogen-bond donors (Lipinski definition) is 0. The Morgan fingerprint density at radius 3 is 2.18 bits per heavy atom. The minimum absolute atomic E-state index is 0.0811. The van der Waals surface area contributed by atoms with Crippen molar-refractivity contribution in [2.75, 3.05) is 18.6 Å². The Balaban J connectivity index is 3.37. The lowest BCUT2D eigenvalue weighted by molar-refractivity contribution is -0.154. The molecule has 0 saturated heterocycles. The van der Waals surface area contributed by atoms with Crippen molar-refractivity contribution in [2.45, 2.75) is 33.7 Å². The molecule has 1 aromatic carbocycles. The number of carbonyl (C=O) groups is 3. The van der Waals surface area contributed by atoms with Crippen LogP contribution in [0.15, 0.2) is 18.2 Å². The summed E-state index contributed by atoms with van der Waals surface area (Å²) in [7, 11) is 1.23. The third kappa shape index (κ3) is 3.63. The third-order valence-corrected chi connectivity index (χ3v) is 3.28. The number of anilines is 1. The number of carbonyl (C=O) groups excluding carboxylic acids is 3. The molecule has 0 unspecified atom stereocenters. The molecule has 0 heterocycles. The predicted octanol–water partition coefficient (Wildman–Crippen LogP) is 1.76. The van der Waals surface area contributed by atoms with Crippen LogP contribution >= 0.6 is 0 Å². The maximum absolute atomic E-state index is 12.4. The molecule has 0 radical (unpaired) electrons. The third-order valence-electron chi connectivity index (χ3n) is 3.28. The van der Waals surface area contributed by atoms with Gasteiger partial charge in [0.15, 0.2) is 0 Å². The molecule has 0 aliphatic carbocycles. The first-order chi connectivity index (χ1) is 10.3. The number of para-hydroxylation sites is 1. The van der Waals surface area contributed by atoms with E-state index in [-0.39, 0.29) is 6.61 Å². The maximum atomic E-state index is 12.4. The van der Waals surface area contributed by atoms with Crippen LogP contribution in [0.4, 0.5) is 5.69 Å². The van der Waals surface area contributed by atoms with Gasteiger partial charge in [-0.25, -0.2) is 9.59 Å². The highest BCUT2D eigenvalue weighted by Gasteiger charge is 2.34. The van der Waals surface area contributed by atoms with Gasteiger partial charge in [-0.3, -0.25) is 9.69 Å². The summed E-state index contributed by atoms with van der Waals surface area (Å²) in [5.41, 5.74) is 2.06. The fraction of sp³-hybridized carbons (Fsp3) is 0.438. The van der Waals surface area contributed by atoms with Gasteiger partial charge in [0.2, 0.25) is 0 Å². The number of benzene rings is 1. The first-order valence-corrected chi connectivity index (χ1v) is 6.99. The van der Waals surface area contributed by atoms with Gasteiger partial charge in [-0.1, -0.05) is 18.2 Å². The summed E-state index contributed by atoms with van der Waals surface area (Å²) in [6, 6.07) is 4.50. The highest BCUT2D eigenvalue weighted by atomic mass is 16.5. The molecule has 0 fully saturated rings. The largest absolute Gasteiger partial charge is 0.467 e. The fourth-order valence-corrected chi connectivity index (χ4v) is 2.22. The lowest BCUT2D eigenvalue weighted by atomic mass is 10.1. The van der Waals surface area contributed by atoms with E-state index in [1.807, 2.05) is 6.07 Å². The predicted molar refractivity (Wildman–Crippen MR) is 81.5 cm³/mol. The van der Waals surface area contributed by atoms with Crippen LogP contribution in [0.2, 0.25) is 0 Å². The van der Waals surface area contributed by atoms with Crippen LogP contribution in [-0.4, -0.2) is 37.6 Å². The number of methoxy groups -OCH3 is 1. The molecule has 6 nitrogen and oxygen atoms in total. The standard InChI is InChI=1S/C16H21NO5/c1-6-22-16(20)14(18)17(12(4)15(19)21-5)13-10(2)8-7-9-11(13)3/h7-9,12H,6H2,1-5H3/t12-/m0/s1. The van der Waals surface area contributed by atoms with Crippen molar-refractivity contribution in [1.82, 2.24) is 0 Å². The molecule has 0 aliphatic rings. The van der Waals surface area contributed by atoms with Crippen LogP contribution in [0.3, 0.4) is 0 Å². The van der Waals surface area contributed by atoms with Gasteiger partial charge in [-0.05, 0) is 38.8 Å². The molecule has 0 N–H and O–H groups in total. The Hall–Kier alpha value is -2.37. The summed E-state index contributed by atoms with van der Waals surface area (Å²) in [5, 5.41) is 0. The van der Waals surface area contributed by atoms with Crippen molar-refractivity contribution >= 4 is 23.5 Å². The molecule has 0 aliphatic heterocycles. The molecule has 120 valence electrons. The molecule has 1 aromatic rings. The maximum Gasteiger partial charge on any atom is 0.397 e. The van der Waals surface area contributed by atoms with E-state index in [0.29, 0.717) is 5.69 Å². The number of amides is 1. The molecule has 6 heteroatoms. The van der Waals surface area contributed by atoms with Crippen LogP contribution in [0.5, 0.6) is 0 Å². The van der Waals surface area contributed by atoms with Gasteiger partial charge in [0.05, 0.1) is 19.4 Å². The molecular weight excluding hydrogens is 286 g/mol. The number of rotatable bonds is 4. The van der Waals surface area contributed by atoms with E-state index in [4.69, 9.17) is 9.47 Å². The SMILES string of the molecule is CCOC(=O)C(=O)N(c1c(C)cccc1C)[C@@H](C)C(=O)OC. The van der Waals surface area contributed by atoms with E-state index in [9.17, 15) is 14.4 Å². The Kier molecular flexibility index (Phi) is 6.10. The highest BCUT2D eigenvalue weighted by Crippen LogP contribution is 2.27. The Morgan fingerprint density at radius 1 is 1.18 bits per heavy atom. The molecular formula is C16H21NO5. The van der Waals surface area contributed by atoms with Crippen molar-refractivity contribution in [1.29, 1.82) is 0 Å². The molecule has 22 heavy (non-hydrogen) atoms. The summed E-state index contributed by atoms with van der Waals surface area (Å²) in [6.45, 7) is 6.81. The normalized spacial score (nSPS) is 11.5. The summed E-state index contributed by atoms with van der Waals surface area (Å²) in [5.74, 6) is -2.50. The second-order valence-corrected chi connectivity index (χ2v) is 4.84. The van der Waals surface area contributed by atoms with Gasteiger partial charge in [0.1, 0.15) is 6.04 Å². The van der Waals surface area contributed by atoms with Gasteiger partial charge < -0.3 is 9.47 Å². The quantitative estimate of drug-likeness (QED) is 0.626. The Bertz CT molecular complexity index is 562. The second-order valence-electron chi connectivity index (χ2n) is 4.84. The zero-order valence-corrected chi connectivity index (χ0v) is 13.5. The Morgan fingerprint density at radius 2 is 1.73 bits per heavy atom. The molecule has 1 amide bonds. The van der Waals surface area contributed by atoms with E-state index < -0.39 is 23.9 Å². The van der Waals surface area contributed by atoms with Gasteiger partial charge in [0.25, 0.3) is 0 Å². The van der Waals surface area contributed by atoms with E-state index in [2.05, 4.69) is 0 Å². The monoisotopic (exact) mass is 307 g/mol. The van der Waals surface area contributed by atoms with Gasteiger partial charge >= 0.3 is 17.8 Å². The lowest BCUT2D eigenvalue weighted by Crippen LogP contribution is -2.48. The first-order valence-electron chi connectivity index (χ1n) is 6.99. The van der Waals surface area contributed by atoms with Crippen LogP contribution in [0.25, 0.3) is 0 Å². The minimum atomic E-state index is -0.999. The molecule has 0 saturated carbocycles. The molecule has 0 aromatic heterocycles. The molecule has 1 rings (SSSR count). The number of nitrogens with zero attached hydrogens (tertiary/aromatic N) is 1. The molecule has 1 atom stereocenters. The van der Waals surface area contributed by atoms with E-state index in [0.717, 1.165) is 16.0 Å². The zero-order valence-electron chi connectivity index (χ0n) is 13.5. The van der Waals surface area contributed by atoms with Crippen LogP contribution in [-0.2, 0) is 23.9 Å². The number of aryl methyl sites for hydroxylation is 2. The van der Waals surface area contributed by atoms with Crippen molar-refractivity contribution in [3.05, 3.63) is 29.3 Å². The average Bonchev–Trinajstić information content (AvgIpc) is 2.49. The van der Waals surface area contributed by atoms with E-state index in [1.54, 1.807) is 32.9 Å². The average molecular weight is 307 g/mol. The highest BCUT2D eigenvalue weighted by molar-refractivity contribution is 6.39. The van der Waals surface area contributed by atoms with Crippen LogP contribution in [0.1, 0.15) is 25.0 Å².